The number of alkyl halides is 1. The first kappa shape index (κ1) is 24.1. The van der Waals surface area contributed by atoms with Crippen LogP contribution in [0.2, 0.25) is 0 Å². The second-order valence-electron chi connectivity index (χ2n) is 7.66. The maximum atomic E-state index is 15.5. The number of carbonyl (C=O) groups excluding carboxylic acids is 3. The quantitative estimate of drug-likeness (QED) is 0.405. The lowest BCUT2D eigenvalue weighted by Crippen LogP contribution is -2.48. The highest BCUT2D eigenvalue weighted by Gasteiger charge is 2.62. The summed E-state index contributed by atoms with van der Waals surface area (Å²) >= 11 is 0. The van der Waals surface area contributed by atoms with Gasteiger partial charge >= 0.3 is 23.8 Å². The molecule has 3 aromatic carbocycles. The second-order valence-corrected chi connectivity index (χ2v) is 7.66. The van der Waals surface area contributed by atoms with Crippen molar-refractivity contribution in [3.8, 4) is 0 Å². The van der Waals surface area contributed by atoms with E-state index < -0.39 is 48.9 Å². The molecule has 0 radical (unpaired) electrons. The Morgan fingerprint density at radius 2 is 1.17 bits per heavy atom. The number of benzene rings is 3. The van der Waals surface area contributed by atoms with Gasteiger partial charge in [-0.25, -0.2) is 18.8 Å². The topological polar surface area (TPSA) is 108 Å². The van der Waals surface area contributed by atoms with E-state index in [1.165, 1.54) is 36.4 Å². The highest BCUT2D eigenvalue weighted by molar-refractivity contribution is 5.90. The first-order valence-corrected chi connectivity index (χ1v) is 10.7. The van der Waals surface area contributed by atoms with Gasteiger partial charge in [0.15, 0.2) is 6.10 Å². The van der Waals surface area contributed by atoms with Crippen molar-refractivity contribution >= 4 is 17.9 Å². The number of carbonyl (C=O) groups is 3. The maximum Gasteiger partial charge on any atom is 0.340 e. The number of hydrogen-bond donors (Lipinski definition) is 1. The molecule has 35 heavy (non-hydrogen) atoms. The average Bonchev–Trinajstić information content (AvgIpc) is 3.12. The fourth-order valence-electron chi connectivity index (χ4n) is 3.43. The largest absolute Gasteiger partial charge is 0.459 e. The minimum absolute atomic E-state index is 0.0867. The molecule has 0 amide bonds. The molecule has 0 saturated carbocycles. The van der Waals surface area contributed by atoms with Gasteiger partial charge in [0, 0.05) is 0 Å². The van der Waals surface area contributed by atoms with Crippen molar-refractivity contribution in [3.05, 3.63) is 108 Å². The van der Waals surface area contributed by atoms with Crippen LogP contribution in [-0.2, 0) is 18.9 Å². The van der Waals surface area contributed by atoms with Crippen molar-refractivity contribution < 1.29 is 42.8 Å². The zero-order valence-corrected chi connectivity index (χ0v) is 18.3. The van der Waals surface area contributed by atoms with Crippen molar-refractivity contribution in [3.63, 3.8) is 0 Å². The summed E-state index contributed by atoms with van der Waals surface area (Å²) in [5.41, 5.74) is 0.405. The first-order valence-electron chi connectivity index (χ1n) is 10.7. The van der Waals surface area contributed by atoms with Gasteiger partial charge in [-0.1, -0.05) is 54.6 Å². The molecule has 1 aliphatic heterocycles. The molecule has 1 fully saturated rings. The first-order chi connectivity index (χ1) is 16.9. The number of hydrogen-bond acceptors (Lipinski definition) is 8. The molecule has 0 spiro atoms. The third kappa shape index (κ3) is 5.53. The number of esters is 3. The Bertz CT molecular complexity index is 1170. The van der Waals surface area contributed by atoms with Crippen molar-refractivity contribution in [2.75, 3.05) is 6.61 Å². The van der Waals surface area contributed by atoms with Crippen LogP contribution in [0.3, 0.4) is 0 Å². The molecule has 1 aliphatic rings. The molecule has 3 aromatic rings. The van der Waals surface area contributed by atoms with E-state index in [0.29, 0.717) is 0 Å². The predicted molar refractivity (Wildman–Crippen MR) is 119 cm³/mol. The fourth-order valence-corrected chi connectivity index (χ4v) is 3.43. The van der Waals surface area contributed by atoms with E-state index in [4.69, 9.17) is 18.9 Å². The van der Waals surface area contributed by atoms with Crippen LogP contribution in [0.15, 0.2) is 91.0 Å². The monoisotopic (exact) mass is 480 g/mol. The molecule has 0 aromatic heterocycles. The molecule has 1 saturated heterocycles. The molecule has 180 valence electrons. The van der Waals surface area contributed by atoms with E-state index in [-0.39, 0.29) is 16.7 Å². The lowest BCUT2D eigenvalue weighted by molar-refractivity contribution is -0.238. The van der Waals surface area contributed by atoms with Gasteiger partial charge in [0.1, 0.15) is 12.7 Å². The highest BCUT2D eigenvalue weighted by Crippen LogP contribution is 2.37. The standard InChI is InChI=1S/C26H21FO8/c27-26(31)21(34-23(29)18-12-6-2-7-13-18)20(16-32-22(28)17-10-4-1-5-11-17)33-25(26)35-24(30)19-14-8-3-9-15-19/h1-15,20-21,25,31H,16H2/t20-,21-,25+,26-/m1/s1. The van der Waals surface area contributed by atoms with Crippen molar-refractivity contribution in [1.29, 1.82) is 0 Å². The van der Waals surface area contributed by atoms with Gasteiger partial charge in [0.25, 0.3) is 6.29 Å². The molecule has 1 heterocycles. The Labute approximate surface area is 199 Å². The average molecular weight is 480 g/mol. The van der Waals surface area contributed by atoms with E-state index in [2.05, 4.69) is 0 Å². The van der Waals surface area contributed by atoms with E-state index in [9.17, 15) is 19.5 Å². The molecular weight excluding hydrogens is 459 g/mol. The Balaban J connectivity index is 1.53. The maximum absolute atomic E-state index is 15.5. The Hall–Kier alpha value is -4.08. The summed E-state index contributed by atoms with van der Waals surface area (Å²) in [4.78, 5) is 37.3. The van der Waals surface area contributed by atoms with Gasteiger partial charge in [-0.05, 0) is 36.4 Å². The predicted octanol–water partition coefficient (Wildman–Crippen LogP) is 3.31. The minimum Gasteiger partial charge on any atom is -0.459 e. The minimum atomic E-state index is -3.43. The molecule has 8 nitrogen and oxygen atoms in total. The van der Waals surface area contributed by atoms with Crippen LogP contribution >= 0.6 is 0 Å². The molecule has 0 aliphatic carbocycles. The molecular formula is C26H21FO8. The fraction of sp³-hybridized carbons (Fsp3) is 0.192. The van der Waals surface area contributed by atoms with Crippen LogP contribution in [0.4, 0.5) is 4.39 Å². The molecule has 1 N–H and O–H groups in total. The number of halogens is 1. The van der Waals surface area contributed by atoms with Gasteiger partial charge in [-0.15, -0.1) is 0 Å². The van der Waals surface area contributed by atoms with Gasteiger partial charge in [-0.3, -0.25) is 0 Å². The van der Waals surface area contributed by atoms with Gasteiger partial charge in [0.2, 0.25) is 0 Å². The highest BCUT2D eigenvalue weighted by atomic mass is 19.2. The third-order valence-corrected chi connectivity index (χ3v) is 5.22. The Morgan fingerprint density at radius 1 is 0.743 bits per heavy atom. The summed E-state index contributed by atoms with van der Waals surface area (Å²) in [5, 5.41) is 10.6. The zero-order chi connectivity index (χ0) is 24.8. The summed E-state index contributed by atoms with van der Waals surface area (Å²) in [7, 11) is 0. The van der Waals surface area contributed by atoms with E-state index in [1.54, 1.807) is 54.6 Å². The third-order valence-electron chi connectivity index (χ3n) is 5.22. The van der Waals surface area contributed by atoms with Crippen molar-refractivity contribution in [2.45, 2.75) is 24.4 Å². The zero-order valence-electron chi connectivity index (χ0n) is 18.3. The van der Waals surface area contributed by atoms with Crippen LogP contribution in [0.5, 0.6) is 0 Å². The molecule has 9 heteroatoms. The summed E-state index contributed by atoms with van der Waals surface area (Å²) in [6, 6.07) is 23.4. The number of rotatable bonds is 7. The second kappa shape index (κ2) is 10.5. The van der Waals surface area contributed by atoms with Gasteiger partial charge in [0.05, 0.1) is 16.7 Å². The summed E-state index contributed by atoms with van der Waals surface area (Å²) in [6.07, 6.45) is -5.59. The smallest absolute Gasteiger partial charge is 0.340 e. The van der Waals surface area contributed by atoms with Crippen LogP contribution in [0, 0.1) is 0 Å². The normalized spacial score (nSPS) is 23.3. The van der Waals surface area contributed by atoms with Crippen LogP contribution in [0.25, 0.3) is 0 Å². The summed E-state index contributed by atoms with van der Waals surface area (Å²) in [5.74, 6) is -6.10. The van der Waals surface area contributed by atoms with Crippen LogP contribution < -0.4 is 0 Å². The van der Waals surface area contributed by atoms with Crippen molar-refractivity contribution in [2.24, 2.45) is 0 Å². The Kier molecular flexibility index (Phi) is 7.19. The van der Waals surface area contributed by atoms with Gasteiger partial charge in [-0.2, -0.15) is 0 Å². The molecule has 0 unspecified atom stereocenters. The SMILES string of the molecule is O=C(OC[C@H]1O[C@@H](OC(=O)c2ccccc2)[C@@](O)(F)[C@@H]1OC(=O)c1ccccc1)c1ccccc1. The van der Waals surface area contributed by atoms with E-state index in [1.807, 2.05) is 0 Å². The summed E-state index contributed by atoms with van der Waals surface area (Å²) in [6.45, 7) is -0.591. The van der Waals surface area contributed by atoms with E-state index >= 15 is 4.39 Å². The number of ether oxygens (including phenoxy) is 4. The van der Waals surface area contributed by atoms with Crippen molar-refractivity contribution in [1.82, 2.24) is 0 Å². The lowest BCUT2D eigenvalue weighted by Gasteiger charge is -2.25. The number of aliphatic hydroxyl groups is 1. The van der Waals surface area contributed by atoms with Gasteiger partial charge < -0.3 is 24.1 Å². The Morgan fingerprint density at radius 3 is 1.66 bits per heavy atom. The molecule has 4 rings (SSSR count). The van der Waals surface area contributed by atoms with Crippen LogP contribution in [-0.4, -0.2) is 54.0 Å². The lowest BCUT2D eigenvalue weighted by atomic mass is 10.1. The molecule has 0 bridgehead atoms. The summed E-state index contributed by atoms with van der Waals surface area (Å²) < 4.78 is 36.3. The van der Waals surface area contributed by atoms with Crippen LogP contribution in [0.1, 0.15) is 31.1 Å². The molecule has 4 atom stereocenters. The van der Waals surface area contributed by atoms with E-state index in [0.717, 1.165) is 0 Å².